The van der Waals surface area contributed by atoms with Crippen LogP contribution in [0.25, 0.3) is 0 Å². The first-order valence-corrected chi connectivity index (χ1v) is 7.19. The molecule has 1 fully saturated rings. The van der Waals surface area contributed by atoms with Gasteiger partial charge in [0.2, 0.25) is 5.82 Å². The van der Waals surface area contributed by atoms with Gasteiger partial charge in [0.15, 0.2) is 0 Å². The highest BCUT2D eigenvalue weighted by atomic mass is 32.2. The average Bonchev–Trinajstić information content (AvgIpc) is 2.29. The maximum atomic E-state index is 11.0. The van der Waals surface area contributed by atoms with E-state index in [0.717, 1.165) is 12.1 Å². The molecule has 1 aliphatic carbocycles. The third-order valence-corrected chi connectivity index (χ3v) is 4.90. The number of hydrogen-bond donors (Lipinski definition) is 1. The summed E-state index contributed by atoms with van der Waals surface area (Å²) in [5.41, 5.74) is 0.862. The fraction of sp³-hybridized carbons (Fsp3) is 0.583. The largest absolute Gasteiger partial charge is 0.363 e. The average molecular weight is 267 g/mol. The number of pyridine rings is 1. The van der Waals surface area contributed by atoms with Crippen LogP contribution in [0.15, 0.2) is 12.3 Å². The molecule has 1 aromatic heterocycles. The molecule has 0 radical (unpaired) electrons. The highest BCUT2D eigenvalue weighted by Gasteiger charge is 2.36. The molecule has 0 unspecified atom stereocenters. The minimum atomic E-state index is -0.380. The Morgan fingerprint density at radius 2 is 2.33 bits per heavy atom. The molecule has 0 aliphatic heterocycles. The summed E-state index contributed by atoms with van der Waals surface area (Å²) in [5, 5.41) is 14.1. The summed E-state index contributed by atoms with van der Waals surface area (Å²) >= 11 is 1.84. The lowest BCUT2D eigenvalue weighted by Gasteiger charge is -2.40. The second kappa shape index (κ2) is 5.14. The number of nitro groups is 1. The molecule has 5 nitrogen and oxygen atoms in total. The van der Waals surface area contributed by atoms with Gasteiger partial charge in [-0.05, 0) is 31.6 Å². The van der Waals surface area contributed by atoms with Crippen LogP contribution in [0.3, 0.4) is 0 Å². The van der Waals surface area contributed by atoms with Crippen molar-refractivity contribution in [2.24, 2.45) is 0 Å². The van der Waals surface area contributed by atoms with Gasteiger partial charge in [-0.3, -0.25) is 10.1 Å². The molecule has 2 rings (SSSR count). The molecule has 1 N–H and O–H groups in total. The van der Waals surface area contributed by atoms with Crippen LogP contribution in [-0.2, 0) is 0 Å². The normalized spacial score (nSPS) is 17.0. The lowest BCUT2D eigenvalue weighted by molar-refractivity contribution is -0.384. The van der Waals surface area contributed by atoms with Crippen LogP contribution < -0.4 is 5.32 Å². The lowest BCUT2D eigenvalue weighted by Crippen LogP contribution is -2.40. The Morgan fingerprint density at radius 3 is 2.83 bits per heavy atom. The third-order valence-electron chi connectivity index (χ3n) is 3.48. The van der Waals surface area contributed by atoms with Crippen LogP contribution in [0.4, 0.5) is 11.5 Å². The van der Waals surface area contributed by atoms with Crippen molar-refractivity contribution in [3.05, 3.63) is 27.9 Å². The van der Waals surface area contributed by atoms with Gasteiger partial charge in [-0.1, -0.05) is 6.42 Å². The van der Waals surface area contributed by atoms with E-state index >= 15 is 0 Å². The Balaban J connectivity index is 2.11. The second-order valence-corrected chi connectivity index (χ2v) is 6.01. The van der Waals surface area contributed by atoms with Gasteiger partial charge < -0.3 is 5.32 Å². The number of nitrogens with zero attached hydrogens (tertiary/aromatic N) is 2. The minimum Gasteiger partial charge on any atom is -0.363 e. The van der Waals surface area contributed by atoms with Gasteiger partial charge in [0.25, 0.3) is 0 Å². The van der Waals surface area contributed by atoms with Crippen LogP contribution in [0.5, 0.6) is 0 Å². The quantitative estimate of drug-likeness (QED) is 0.656. The Kier molecular flexibility index (Phi) is 3.75. The SMILES string of the molecule is CSC1(CNc2ncc(C)cc2[N+](=O)[O-])CCC1. The molecule has 0 spiro atoms. The monoisotopic (exact) mass is 267 g/mol. The summed E-state index contributed by atoms with van der Waals surface area (Å²) in [7, 11) is 0. The van der Waals surface area contributed by atoms with Gasteiger partial charge in [-0.25, -0.2) is 4.98 Å². The van der Waals surface area contributed by atoms with Crippen LogP contribution in [-0.4, -0.2) is 27.5 Å². The van der Waals surface area contributed by atoms with E-state index in [1.54, 1.807) is 19.2 Å². The molecule has 98 valence electrons. The number of nitrogens with one attached hydrogen (secondary N) is 1. The summed E-state index contributed by atoms with van der Waals surface area (Å²) in [6, 6.07) is 1.56. The van der Waals surface area contributed by atoms with Crippen molar-refractivity contribution in [2.45, 2.75) is 30.9 Å². The fourth-order valence-electron chi connectivity index (χ4n) is 2.10. The summed E-state index contributed by atoms with van der Waals surface area (Å²) in [6.45, 7) is 2.55. The first-order chi connectivity index (χ1) is 8.56. The number of aromatic nitrogens is 1. The lowest BCUT2D eigenvalue weighted by atomic mass is 9.84. The fourth-order valence-corrected chi connectivity index (χ4v) is 3.01. The van der Waals surface area contributed by atoms with Gasteiger partial charge >= 0.3 is 5.69 Å². The molecule has 0 bridgehead atoms. The van der Waals surface area contributed by atoms with Crippen molar-refractivity contribution < 1.29 is 4.92 Å². The molecule has 0 aromatic carbocycles. The summed E-state index contributed by atoms with van der Waals surface area (Å²) in [4.78, 5) is 14.7. The molecular weight excluding hydrogens is 250 g/mol. The van der Waals surface area contributed by atoms with Crippen LogP contribution >= 0.6 is 11.8 Å². The predicted octanol–water partition coefficient (Wildman–Crippen LogP) is 3.00. The molecule has 1 aromatic rings. The van der Waals surface area contributed by atoms with Gasteiger partial charge in [-0.15, -0.1) is 0 Å². The van der Waals surface area contributed by atoms with E-state index in [1.807, 2.05) is 11.8 Å². The van der Waals surface area contributed by atoms with Crippen LogP contribution in [0.1, 0.15) is 24.8 Å². The molecule has 1 aliphatic rings. The zero-order valence-corrected chi connectivity index (χ0v) is 11.4. The maximum absolute atomic E-state index is 11.0. The van der Waals surface area contributed by atoms with Crippen molar-refractivity contribution in [2.75, 3.05) is 18.1 Å². The molecule has 1 saturated carbocycles. The minimum absolute atomic E-state index is 0.0607. The van der Waals surface area contributed by atoms with Gasteiger partial charge in [0.05, 0.1) is 4.92 Å². The number of thioether (sulfide) groups is 1. The number of aryl methyl sites for hydroxylation is 1. The zero-order valence-electron chi connectivity index (χ0n) is 10.6. The molecule has 1 heterocycles. The van der Waals surface area contributed by atoms with E-state index in [9.17, 15) is 10.1 Å². The van der Waals surface area contributed by atoms with Crippen molar-refractivity contribution in [1.29, 1.82) is 0 Å². The van der Waals surface area contributed by atoms with E-state index in [2.05, 4.69) is 16.6 Å². The molecule has 18 heavy (non-hydrogen) atoms. The van der Waals surface area contributed by atoms with Crippen molar-refractivity contribution in [3.63, 3.8) is 0 Å². The van der Waals surface area contributed by atoms with Crippen LogP contribution in [0, 0.1) is 17.0 Å². The van der Waals surface area contributed by atoms with Gasteiger partial charge in [0.1, 0.15) is 0 Å². The van der Waals surface area contributed by atoms with E-state index in [4.69, 9.17) is 0 Å². The van der Waals surface area contributed by atoms with Crippen molar-refractivity contribution in [3.8, 4) is 0 Å². The van der Waals surface area contributed by atoms with E-state index in [-0.39, 0.29) is 15.4 Å². The van der Waals surface area contributed by atoms with E-state index < -0.39 is 0 Å². The van der Waals surface area contributed by atoms with Crippen molar-refractivity contribution in [1.82, 2.24) is 4.98 Å². The Morgan fingerprint density at radius 1 is 1.61 bits per heavy atom. The number of hydrogen-bond acceptors (Lipinski definition) is 5. The topological polar surface area (TPSA) is 68.1 Å². The Bertz CT molecular complexity index is 455. The third kappa shape index (κ3) is 2.58. The highest BCUT2D eigenvalue weighted by molar-refractivity contribution is 8.00. The first-order valence-electron chi connectivity index (χ1n) is 5.96. The van der Waals surface area contributed by atoms with Crippen LogP contribution in [0.2, 0.25) is 0 Å². The first kappa shape index (κ1) is 13.1. The zero-order chi connectivity index (χ0) is 13.2. The number of rotatable bonds is 5. The second-order valence-electron chi connectivity index (χ2n) is 4.73. The van der Waals surface area contributed by atoms with Gasteiger partial charge in [0, 0.05) is 23.6 Å². The standard InChI is InChI=1S/C12H17N3O2S/c1-9-6-10(15(16)17)11(13-7-9)14-8-12(18-2)4-3-5-12/h6-7H,3-5,8H2,1-2H3,(H,13,14). The predicted molar refractivity (Wildman–Crippen MR) is 74.2 cm³/mol. The molecule has 0 atom stereocenters. The van der Waals surface area contributed by atoms with Crippen molar-refractivity contribution >= 4 is 23.3 Å². The Labute approximate surface area is 111 Å². The molecular formula is C12H17N3O2S. The molecule has 0 amide bonds. The van der Waals surface area contributed by atoms with Gasteiger partial charge in [-0.2, -0.15) is 11.8 Å². The Hall–Kier alpha value is -1.30. The number of anilines is 1. The summed E-state index contributed by atoms with van der Waals surface area (Å²) in [6.07, 6.45) is 7.33. The summed E-state index contributed by atoms with van der Waals surface area (Å²) in [5.74, 6) is 0.380. The smallest absolute Gasteiger partial charge is 0.311 e. The molecule has 6 heteroatoms. The maximum Gasteiger partial charge on any atom is 0.311 e. The van der Waals surface area contributed by atoms with E-state index in [1.165, 1.54) is 19.3 Å². The molecule has 0 saturated heterocycles. The highest BCUT2D eigenvalue weighted by Crippen LogP contribution is 2.43. The summed E-state index contributed by atoms with van der Waals surface area (Å²) < 4.78 is 0.237. The van der Waals surface area contributed by atoms with E-state index in [0.29, 0.717) is 5.82 Å².